The molecule has 1 nitrogen and oxygen atoms in total. The summed E-state index contributed by atoms with van der Waals surface area (Å²) in [7, 11) is 0. The summed E-state index contributed by atoms with van der Waals surface area (Å²) in [6, 6.07) is 0. The maximum absolute atomic E-state index is 12.6. The highest BCUT2D eigenvalue weighted by Crippen LogP contribution is 2.11. The van der Waals surface area contributed by atoms with Crippen LogP contribution < -0.4 is 0 Å². The predicted molar refractivity (Wildman–Crippen MR) is 68.3 cm³/mol. The van der Waals surface area contributed by atoms with Gasteiger partial charge in [-0.15, -0.1) is 0 Å². The van der Waals surface area contributed by atoms with Gasteiger partial charge in [0.05, 0.1) is 6.61 Å². The number of rotatable bonds is 11. The van der Waals surface area contributed by atoms with Crippen molar-refractivity contribution in [1.82, 2.24) is 0 Å². The molecule has 0 amide bonds. The molecule has 16 heavy (non-hydrogen) atoms. The van der Waals surface area contributed by atoms with Crippen molar-refractivity contribution < 1.29 is 9.50 Å². The van der Waals surface area contributed by atoms with Crippen molar-refractivity contribution >= 4 is 0 Å². The highest BCUT2D eigenvalue weighted by Gasteiger charge is 2.02. The van der Waals surface area contributed by atoms with Gasteiger partial charge in [-0.25, -0.2) is 4.39 Å². The van der Waals surface area contributed by atoms with Gasteiger partial charge in [0.2, 0.25) is 0 Å². The van der Waals surface area contributed by atoms with Crippen molar-refractivity contribution in [1.29, 1.82) is 0 Å². The Morgan fingerprint density at radius 2 is 1.62 bits per heavy atom. The number of unbranched alkanes of at least 4 members (excludes halogenated alkanes) is 6. The molecule has 96 valence electrons. The van der Waals surface area contributed by atoms with Crippen LogP contribution in [0.25, 0.3) is 0 Å². The van der Waals surface area contributed by atoms with Gasteiger partial charge in [-0.05, 0) is 25.7 Å². The van der Waals surface area contributed by atoms with Gasteiger partial charge >= 0.3 is 0 Å². The molecule has 1 unspecified atom stereocenters. The third-order valence-corrected chi connectivity index (χ3v) is 2.74. The molecular weight excluding hydrogens is 203 g/mol. The number of aliphatic hydroxyl groups excluding tert-OH is 1. The van der Waals surface area contributed by atoms with E-state index < -0.39 is 6.17 Å². The van der Waals surface area contributed by atoms with Crippen LogP contribution in [0.4, 0.5) is 4.39 Å². The number of hydrogen-bond acceptors (Lipinski definition) is 1. The van der Waals surface area contributed by atoms with E-state index in [1.807, 2.05) is 0 Å². The van der Waals surface area contributed by atoms with Gasteiger partial charge in [0, 0.05) is 0 Å². The van der Waals surface area contributed by atoms with Gasteiger partial charge < -0.3 is 5.11 Å². The Hall–Kier alpha value is -0.370. The van der Waals surface area contributed by atoms with Crippen LogP contribution in [0.3, 0.4) is 0 Å². The van der Waals surface area contributed by atoms with Crippen molar-refractivity contribution in [3.63, 3.8) is 0 Å². The minimum absolute atomic E-state index is 0.316. The highest BCUT2D eigenvalue weighted by molar-refractivity contribution is 4.79. The summed E-state index contributed by atoms with van der Waals surface area (Å²) in [5.74, 6) is 0. The van der Waals surface area contributed by atoms with E-state index in [9.17, 15) is 4.39 Å². The SMILES string of the molecule is CCC=CCCCCCCCCC(F)CO. The maximum atomic E-state index is 12.6. The summed E-state index contributed by atoms with van der Waals surface area (Å²) in [5, 5.41) is 8.50. The zero-order valence-corrected chi connectivity index (χ0v) is 10.6. The lowest BCUT2D eigenvalue weighted by Gasteiger charge is -2.03. The molecule has 0 bridgehead atoms. The van der Waals surface area contributed by atoms with E-state index in [1.165, 1.54) is 32.1 Å². The molecule has 1 N–H and O–H groups in total. The van der Waals surface area contributed by atoms with E-state index >= 15 is 0 Å². The van der Waals surface area contributed by atoms with Gasteiger partial charge in [-0.3, -0.25) is 0 Å². The van der Waals surface area contributed by atoms with E-state index in [-0.39, 0.29) is 6.61 Å². The number of allylic oxidation sites excluding steroid dienone is 2. The Morgan fingerprint density at radius 1 is 1.00 bits per heavy atom. The van der Waals surface area contributed by atoms with Gasteiger partial charge in [0.1, 0.15) is 6.17 Å². The summed E-state index contributed by atoms with van der Waals surface area (Å²) in [6.07, 6.45) is 13.4. The third-order valence-electron chi connectivity index (χ3n) is 2.74. The summed E-state index contributed by atoms with van der Waals surface area (Å²) in [4.78, 5) is 0. The van der Waals surface area contributed by atoms with Crippen LogP contribution in [0.15, 0.2) is 12.2 Å². The van der Waals surface area contributed by atoms with Crippen LogP contribution >= 0.6 is 0 Å². The topological polar surface area (TPSA) is 20.2 Å². The van der Waals surface area contributed by atoms with Crippen LogP contribution in [0.5, 0.6) is 0 Å². The van der Waals surface area contributed by atoms with Crippen LogP contribution in [0, 0.1) is 0 Å². The molecule has 0 heterocycles. The summed E-state index contributed by atoms with van der Waals surface area (Å²) in [5.41, 5.74) is 0. The fourth-order valence-electron chi connectivity index (χ4n) is 1.71. The molecule has 0 aromatic rings. The summed E-state index contributed by atoms with van der Waals surface area (Å²) >= 11 is 0. The molecule has 2 heteroatoms. The lowest BCUT2D eigenvalue weighted by Crippen LogP contribution is -2.04. The first-order chi connectivity index (χ1) is 7.81. The predicted octanol–water partition coefficient (Wildman–Crippen LogP) is 4.40. The average Bonchev–Trinajstić information content (AvgIpc) is 2.31. The molecule has 0 aliphatic rings. The van der Waals surface area contributed by atoms with Crippen molar-refractivity contribution in [3.8, 4) is 0 Å². The number of halogens is 1. The molecule has 0 spiro atoms. The minimum atomic E-state index is -1.00. The summed E-state index contributed by atoms with van der Waals surface area (Å²) < 4.78 is 12.6. The van der Waals surface area contributed by atoms with Crippen LogP contribution in [-0.2, 0) is 0 Å². The van der Waals surface area contributed by atoms with E-state index in [4.69, 9.17) is 5.11 Å². The number of aliphatic hydroxyl groups is 1. The summed E-state index contributed by atoms with van der Waals surface area (Å²) in [6.45, 7) is 1.84. The smallest absolute Gasteiger partial charge is 0.123 e. The average molecular weight is 230 g/mol. The lowest BCUT2D eigenvalue weighted by molar-refractivity contribution is 0.167. The Bertz CT molecular complexity index is 157. The van der Waals surface area contributed by atoms with E-state index in [0.29, 0.717) is 6.42 Å². The zero-order chi connectivity index (χ0) is 12.1. The van der Waals surface area contributed by atoms with Gasteiger partial charge in [-0.2, -0.15) is 0 Å². The molecule has 0 aliphatic carbocycles. The molecule has 0 radical (unpaired) electrons. The van der Waals surface area contributed by atoms with Gasteiger partial charge in [0.15, 0.2) is 0 Å². The Labute approximate surface area is 99.8 Å². The molecule has 0 fully saturated rings. The highest BCUT2D eigenvalue weighted by atomic mass is 19.1. The second-order valence-corrected chi connectivity index (χ2v) is 4.36. The Balaban J connectivity index is 3.01. The molecule has 0 aliphatic heterocycles. The zero-order valence-electron chi connectivity index (χ0n) is 10.6. The van der Waals surface area contributed by atoms with Gasteiger partial charge in [-0.1, -0.05) is 51.2 Å². The third kappa shape index (κ3) is 11.7. The molecule has 0 saturated heterocycles. The van der Waals surface area contributed by atoms with E-state index in [0.717, 1.165) is 19.3 Å². The molecule has 0 aromatic carbocycles. The normalized spacial score (nSPS) is 13.4. The van der Waals surface area contributed by atoms with Crippen molar-refractivity contribution in [2.24, 2.45) is 0 Å². The first kappa shape index (κ1) is 15.6. The van der Waals surface area contributed by atoms with Crippen molar-refractivity contribution in [2.45, 2.75) is 70.9 Å². The molecule has 1 atom stereocenters. The van der Waals surface area contributed by atoms with Crippen LogP contribution in [0.1, 0.15) is 64.7 Å². The Kier molecular flexibility index (Phi) is 12.4. The largest absolute Gasteiger partial charge is 0.393 e. The molecule has 0 rings (SSSR count). The standard InChI is InChI=1S/C14H27FO/c1-2-3-4-5-6-7-8-9-10-11-12-14(15)13-16/h3-4,14,16H,2,5-13H2,1H3. The first-order valence-electron chi connectivity index (χ1n) is 6.71. The first-order valence-corrected chi connectivity index (χ1v) is 6.71. The minimum Gasteiger partial charge on any atom is -0.393 e. The number of hydrogen-bond donors (Lipinski definition) is 1. The molecule has 0 saturated carbocycles. The molecular formula is C14H27FO. The fourth-order valence-corrected chi connectivity index (χ4v) is 1.71. The van der Waals surface area contributed by atoms with Crippen LogP contribution in [0.2, 0.25) is 0 Å². The monoisotopic (exact) mass is 230 g/mol. The van der Waals surface area contributed by atoms with E-state index in [1.54, 1.807) is 0 Å². The molecule has 0 aromatic heterocycles. The number of alkyl halides is 1. The maximum Gasteiger partial charge on any atom is 0.123 e. The lowest BCUT2D eigenvalue weighted by atomic mass is 10.1. The quantitative estimate of drug-likeness (QED) is 0.412. The van der Waals surface area contributed by atoms with E-state index in [2.05, 4.69) is 19.1 Å². The second kappa shape index (κ2) is 12.7. The fraction of sp³-hybridized carbons (Fsp3) is 0.857. The van der Waals surface area contributed by atoms with Gasteiger partial charge in [0.25, 0.3) is 0 Å². The van der Waals surface area contributed by atoms with Crippen molar-refractivity contribution in [3.05, 3.63) is 12.2 Å². The van der Waals surface area contributed by atoms with Crippen molar-refractivity contribution in [2.75, 3.05) is 6.61 Å². The Morgan fingerprint density at radius 3 is 2.25 bits per heavy atom. The van der Waals surface area contributed by atoms with Crippen LogP contribution in [-0.4, -0.2) is 17.9 Å². The second-order valence-electron chi connectivity index (χ2n) is 4.36.